The zero-order valence-corrected chi connectivity index (χ0v) is 15.9. The van der Waals surface area contributed by atoms with E-state index in [0.29, 0.717) is 37.4 Å². The molecule has 0 radical (unpaired) electrons. The fourth-order valence-electron chi connectivity index (χ4n) is 2.39. The zero-order chi connectivity index (χ0) is 18.2. The van der Waals surface area contributed by atoms with Gasteiger partial charge < -0.3 is 10.2 Å². The third-order valence-electron chi connectivity index (χ3n) is 4.02. The number of benzene rings is 1. The maximum absolute atomic E-state index is 12.4. The summed E-state index contributed by atoms with van der Waals surface area (Å²) in [5.74, 6) is 0.0880. The number of aryl methyl sites for hydroxylation is 1. The van der Waals surface area contributed by atoms with E-state index in [1.165, 1.54) is 4.31 Å². The Hall–Kier alpha value is -1.44. The minimum Gasteiger partial charge on any atom is -0.344 e. The van der Waals surface area contributed by atoms with Crippen molar-refractivity contribution >= 4 is 15.9 Å². The highest BCUT2D eigenvalue weighted by atomic mass is 32.2. The van der Waals surface area contributed by atoms with Gasteiger partial charge in [0.2, 0.25) is 15.9 Å². The van der Waals surface area contributed by atoms with Gasteiger partial charge >= 0.3 is 0 Å². The number of hydrogen-bond acceptors (Lipinski definition) is 4. The van der Waals surface area contributed by atoms with Crippen LogP contribution >= 0.6 is 0 Å². The van der Waals surface area contributed by atoms with Crippen molar-refractivity contribution in [2.75, 3.05) is 40.3 Å². The van der Waals surface area contributed by atoms with Crippen LogP contribution in [0.5, 0.6) is 0 Å². The number of carbonyl (C=O) groups excluding carboxylic acids is 1. The monoisotopic (exact) mass is 355 g/mol. The van der Waals surface area contributed by atoms with Crippen LogP contribution in [0.1, 0.15) is 25.8 Å². The summed E-state index contributed by atoms with van der Waals surface area (Å²) in [4.78, 5) is 14.0. The van der Waals surface area contributed by atoms with Crippen molar-refractivity contribution in [1.82, 2.24) is 14.5 Å². The number of sulfonamides is 1. The Morgan fingerprint density at radius 2 is 1.71 bits per heavy atom. The topological polar surface area (TPSA) is 69.7 Å². The third kappa shape index (κ3) is 5.58. The molecule has 6 nitrogen and oxygen atoms in total. The molecular weight excluding hydrogens is 326 g/mol. The van der Waals surface area contributed by atoms with Crippen LogP contribution in [0.4, 0.5) is 0 Å². The highest BCUT2D eigenvalue weighted by Crippen LogP contribution is 2.17. The Balaban J connectivity index is 2.67. The van der Waals surface area contributed by atoms with Crippen LogP contribution in [0, 0.1) is 0 Å². The van der Waals surface area contributed by atoms with Gasteiger partial charge in [0.25, 0.3) is 0 Å². The summed E-state index contributed by atoms with van der Waals surface area (Å²) in [6.07, 6.45) is 1.02. The van der Waals surface area contributed by atoms with E-state index in [0.717, 1.165) is 12.1 Å². The van der Waals surface area contributed by atoms with Gasteiger partial charge in [0.15, 0.2) is 0 Å². The first-order valence-corrected chi connectivity index (χ1v) is 9.78. The normalized spacial score (nSPS) is 11.7. The second kappa shape index (κ2) is 9.76. The van der Waals surface area contributed by atoms with Crippen LogP contribution in [-0.4, -0.2) is 63.8 Å². The molecule has 7 heteroatoms. The molecule has 1 aromatic carbocycles. The largest absolute Gasteiger partial charge is 0.344 e. The Morgan fingerprint density at radius 3 is 2.21 bits per heavy atom. The summed E-state index contributed by atoms with van der Waals surface area (Å²) in [5, 5.41) is 3.01. The molecule has 0 saturated heterocycles. The molecule has 0 aliphatic carbocycles. The molecule has 1 aromatic rings. The van der Waals surface area contributed by atoms with E-state index < -0.39 is 10.0 Å². The Labute approximate surface area is 145 Å². The lowest BCUT2D eigenvalue weighted by Gasteiger charge is -2.18. The first-order chi connectivity index (χ1) is 11.4. The van der Waals surface area contributed by atoms with Crippen molar-refractivity contribution in [2.24, 2.45) is 0 Å². The lowest BCUT2D eigenvalue weighted by Crippen LogP contribution is -2.32. The van der Waals surface area contributed by atoms with Gasteiger partial charge in [-0.3, -0.25) is 4.79 Å². The van der Waals surface area contributed by atoms with Crippen molar-refractivity contribution in [1.29, 1.82) is 0 Å². The average molecular weight is 356 g/mol. The van der Waals surface area contributed by atoms with E-state index >= 15 is 0 Å². The van der Waals surface area contributed by atoms with E-state index in [2.05, 4.69) is 5.32 Å². The van der Waals surface area contributed by atoms with Gasteiger partial charge in [0.05, 0.1) is 4.90 Å². The number of likely N-dealkylation sites (N-methyl/N-ethyl adjacent to an activating group) is 2. The average Bonchev–Trinajstić information content (AvgIpc) is 2.58. The summed E-state index contributed by atoms with van der Waals surface area (Å²) >= 11 is 0. The van der Waals surface area contributed by atoms with Crippen molar-refractivity contribution in [3.8, 4) is 0 Å². The Morgan fingerprint density at radius 1 is 1.12 bits per heavy atom. The molecule has 1 rings (SSSR count). The molecule has 136 valence electrons. The summed E-state index contributed by atoms with van der Waals surface area (Å²) in [5.41, 5.74) is 0.962. The van der Waals surface area contributed by atoms with Gasteiger partial charge in [-0.2, -0.15) is 4.31 Å². The summed E-state index contributed by atoms with van der Waals surface area (Å²) < 4.78 is 26.3. The van der Waals surface area contributed by atoms with E-state index in [-0.39, 0.29) is 5.91 Å². The lowest BCUT2D eigenvalue weighted by molar-refractivity contribution is -0.129. The predicted molar refractivity (Wildman–Crippen MR) is 96.4 cm³/mol. The molecule has 0 bridgehead atoms. The van der Waals surface area contributed by atoms with E-state index in [9.17, 15) is 13.2 Å². The van der Waals surface area contributed by atoms with Crippen molar-refractivity contribution in [3.05, 3.63) is 29.8 Å². The first-order valence-electron chi connectivity index (χ1n) is 8.34. The molecule has 0 fully saturated rings. The number of amides is 1. The zero-order valence-electron chi connectivity index (χ0n) is 15.1. The van der Waals surface area contributed by atoms with Crippen LogP contribution in [0.2, 0.25) is 0 Å². The van der Waals surface area contributed by atoms with Crippen molar-refractivity contribution in [2.45, 2.75) is 31.6 Å². The molecule has 0 aliphatic heterocycles. The molecule has 1 amide bonds. The third-order valence-corrected chi connectivity index (χ3v) is 6.08. The molecular formula is C17H29N3O3S. The van der Waals surface area contributed by atoms with Crippen LogP contribution in [-0.2, 0) is 21.2 Å². The van der Waals surface area contributed by atoms with Gasteiger partial charge in [0.1, 0.15) is 0 Å². The van der Waals surface area contributed by atoms with E-state index in [4.69, 9.17) is 0 Å². The standard InChI is InChI=1S/C17H29N3O3S/c1-5-20(6-2)24(22,23)16-10-7-15(8-11-16)9-12-17(21)19(4)14-13-18-3/h7-8,10-11,18H,5-6,9,12-14H2,1-4H3. The van der Waals surface area contributed by atoms with Gasteiger partial charge in [0, 0.05) is 39.6 Å². The highest BCUT2D eigenvalue weighted by molar-refractivity contribution is 7.89. The van der Waals surface area contributed by atoms with Crippen LogP contribution in [0.15, 0.2) is 29.2 Å². The maximum atomic E-state index is 12.4. The van der Waals surface area contributed by atoms with Crippen LogP contribution in [0.3, 0.4) is 0 Å². The van der Waals surface area contributed by atoms with Gasteiger partial charge in [-0.25, -0.2) is 8.42 Å². The molecule has 0 saturated carbocycles. The number of nitrogens with one attached hydrogen (secondary N) is 1. The van der Waals surface area contributed by atoms with Gasteiger partial charge in [-0.1, -0.05) is 26.0 Å². The minimum atomic E-state index is -3.42. The highest BCUT2D eigenvalue weighted by Gasteiger charge is 2.21. The van der Waals surface area contributed by atoms with Gasteiger partial charge in [-0.15, -0.1) is 0 Å². The van der Waals surface area contributed by atoms with Crippen molar-refractivity contribution < 1.29 is 13.2 Å². The quantitative estimate of drug-likeness (QED) is 0.687. The molecule has 0 unspecified atom stereocenters. The van der Waals surface area contributed by atoms with E-state index in [1.54, 1.807) is 36.2 Å². The number of rotatable bonds is 10. The fourth-order valence-corrected chi connectivity index (χ4v) is 3.85. The molecule has 24 heavy (non-hydrogen) atoms. The first kappa shape index (κ1) is 20.6. The molecule has 0 aliphatic rings. The van der Waals surface area contributed by atoms with E-state index in [1.807, 2.05) is 20.9 Å². The second-order valence-corrected chi connectivity index (χ2v) is 7.59. The molecule has 0 spiro atoms. The summed E-state index contributed by atoms with van der Waals surface area (Å²) in [6, 6.07) is 6.82. The van der Waals surface area contributed by atoms with Crippen LogP contribution in [0.25, 0.3) is 0 Å². The number of hydrogen-bond donors (Lipinski definition) is 1. The Kier molecular flexibility index (Phi) is 8.38. The number of nitrogens with zero attached hydrogens (tertiary/aromatic N) is 2. The van der Waals surface area contributed by atoms with Crippen LogP contribution < -0.4 is 5.32 Å². The number of carbonyl (C=O) groups is 1. The SMILES string of the molecule is CCN(CC)S(=O)(=O)c1ccc(CCC(=O)N(C)CCNC)cc1. The van der Waals surface area contributed by atoms with Gasteiger partial charge in [-0.05, 0) is 31.2 Å². The fraction of sp³-hybridized carbons (Fsp3) is 0.588. The molecule has 0 atom stereocenters. The van der Waals surface area contributed by atoms with Crippen molar-refractivity contribution in [3.63, 3.8) is 0 Å². The molecule has 0 aromatic heterocycles. The summed E-state index contributed by atoms with van der Waals surface area (Å²) in [7, 11) is 0.223. The minimum absolute atomic E-state index is 0.0880. The Bertz CT molecular complexity index is 610. The molecule has 1 N–H and O–H groups in total. The summed E-state index contributed by atoms with van der Waals surface area (Å²) in [6.45, 7) is 6.00. The second-order valence-electron chi connectivity index (χ2n) is 5.65. The maximum Gasteiger partial charge on any atom is 0.243 e. The lowest BCUT2D eigenvalue weighted by atomic mass is 10.1. The molecule has 0 heterocycles. The smallest absolute Gasteiger partial charge is 0.243 e. The predicted octanol–water partition coefficient (Wildman–Crippen LogP) is 1.33.